The van der Waals surface area contributed by atoms with Crippen molar-refractivity contribution < 1.29 is 5.11 Å². The first-order valence-corrected chi connectivity index (χ1v) is 2.75. The van der Waals surface area contributed by atoms with Crippen LogP contribution in [0, 0.1) is 0 Å². The summed E-state index contributed by atoms with van der Waals surface area (Å²) in [4.78, 5) is 1.67. The molecule has 0 aromatic rings. The number of rotatable bonds is 2. The summed E-state index contributed by atoms with van der Waals surface area (Å²) < 4.78 is 0. The van der Waals surface area contributed by atoms with E-state index >= 15 is 0 Å². The maximum Gasteiger partial charge on any atom is 0.182 e. The summed E-state index contributed by atoms with van der Waals surface area (Å²) in [5.41, 5.74) is 0. The fourth-order valence-corrected chi connectivity index (χ4v) is 0.365. The number of allylic oxidation sites excluding steroid dienone is 1. The van der Waals surface area contributed by atoms with E-state index in [-0.39, 0.29) is 0 Å². The van der Waals surface area contributed by atoms with Gasteiger partial charge in [-0.2, -0.15) is 0 Å². The molecule has 0 bridgehead atoms. The second-order valence-corrected chi connectivity index (χ2v) is 1.86. The third kappa shape index (κ3) is 2.50. The van der Waals surface area contributed by atoms with Crippen LogP contribution in [0.15, 0.2) is 12.0 Å². The normalized spacial score (nSPS) is 11.6. The molecule has 0 aliphatic carbocycles. The van der Waals surface area contributed by atoms with E-state index in [4.69, 9.17) is 5.11 Å². The zero-order valence-corrected chi connectivity index (χ0v) is 5.68. The Hall–Kier alpha value is -0.660. The number of aliphatic hydroxyl groups excluding tert-OH is 1. The van der Waals surface area contributed by atoms with Crippen LogP contribution in [0.5, 0.6) is 0 Å². The molecule has 0 atom stereocenters. The Morgan fingerprint density at radius 1 is 1.62 bits per heavy atom. The Labute approximate surface area is 50.4 Å². The van der Waals surface area contributed by atoms with Gasteiger partial charge in [-0.3, -0.25) is 0 Å². The van der Waals surface area contributed by atoms with Gasteiger partial charge in [0.05, 0.1) is 0 Å². The lowest BCUT2D eigenvalue weighted by atomic mass is 10.4. The standard InChI is InChI=1S/C6H13NO/c1-4-5-6(8)7(2)3/h5,8H,4H2,1-3H3. The maximum atomic E-state index is 8.91. The van der Waals surface area contributed by atoms with E-state index in [1.807, 2.05) is 21.0 Å². The Morgan fingerprint density at radius 3 is 2.25 bits per heavy atom. The SMILES string of the molecule is CCC=C(O)N(C)C. The van der Waals surface area contributed by atoms with Crippen molar-refractivity contribution in [2.24, 2.45) is 0 Å². The molecule has 0 radical (unpaired) electrons. The quantitative estimate of drug-likeness (QED) is 0.549. The average molecular weight is 115 g/mol. The third-order valence-electron chi connectivity index (χ3n) is 0.845. The van der Waals surface area contributed by atoms with E-state index in [2.05, 4.69) is 0 Å². The van der Waals surface area contributed by atoms with E-state index < -0.39 is 0 Å². The zero-order chi connectivity index (χ0) is 6.57. The first-order valence-electron chi connectivity index (χ1n) is 2.75. The highest BCUT2D eigenvalue weighted by Gasteiger charge is 1.89. The van der Waals surface area contributed by atoms with Gasteiger partial charge < -0.3 is 10.0 Å². The summed E-state index contributed by atoms with van der Waals surface area (Å²) in [5.74, 6) is 0.340. The highest BCUT2D eigenvalue weighted by molar-refractivity contribution is 4.86. The summed E-state index contributed by atoms with van der Waals surface area (Å²) in [5, 5.41) is 8.91. The van der Waals surface area contributed by atoms with Crippen molar-refractivity contribution >= 4 is 0 Å². The lowest BCUT2D eigenvalue weighted by molar-refractivity contribution is 0.262. The minimum atomic E-state index is 0.340. The molecule has 0 heterocycles. The summed E-state index contributed by atoms with van der Waals surface area (Å²) in [6.45, 7) is 1.99. The Balaban J connectivity index is 3.61. The fourth-order valence-electron chi connectivity index (χ4n) is 0.365. The minimum absolute atomic E-state index is 0.340. The molecular formula is C6H13NO. The van der Waals surface area contributed by atoms with Gasteiger partial charge in [0.25, 0.3) is 0 Å². The molecule has 0 spiro atoms. The molecule has 0 fully saturated rings. The summed E-state index contributed by atoms with van der Waals surface area (Å²) in [6.07, 6.45) is 2.64. The zero-order valence-electron chi connectivity index (χ0n) is 5.68. The smallest absolute Gasteiger partial charge is 0.182 e. The van der Waals surface area contributed by atoms with E-state index in [0.29, 0.717) is 5.88 Å². The van der Waals surface area contributed by atoms with E-state index in [0.717, 1.165) is 6.42 Å². The second kappa shape index (κ2) is 3.36. The molecule has 0 saturated heterocycles. The lowest BCUT2D eigenvalue weighted by Gasteiger charge is -2.08. The van der Waals surface area contributed by atoms with Crippen molar-refractivity contribution in [3.63, 3.8) is 0 Å². The molecule has 2 heteroatoms. The van der Waals surface area contributed by atoms with Crippen LogP contribution in [0.3, 0.4) is 0 Å². The maximum absolute atomic E-state index is 8.91. The average Bonchev–Trinajstić information content (AvgIpc) is 1.67. The molecule has 2 nitrogen and oxygen atoms in total. The predicted molar refractivity (Wildman–Crippen MR) is 34.7 cm³/mol. The number of hydrogen-bond donors (Lipinski definition) is 1. The summed E-state index contributed by atoms with van der Waals surface area (Å²) in [6, 6.07) is 0. The van der Waals surface area contributed by atoms with Crippen molar-refractivity contribution in [3.8, 4) is 0 Å². The van der Waals surface area contributed by atoms with Crippen LogP contribution in [-0.4, -0.2) is 24.1 Å². The van der Waals surface area contributed by atoms with Gasteiger partial charge in [0.1, 0.15) is 0 Å². The van der Waals surface area contributed by atoms with Crippen molar-refractivity contribution in [2.75, 3.05) is 14.1 Å². The van der Waals surface area contributed by atoms with Crippen molar-refractivity contribution in [1.29, 1.82) is 0 Å². The highest BCUT2D eigenvalue weighted by atomic mass is 16.3. The largest absolute Gasteiger partial charge is 0.495 e. The van der Waals surface area contributed by atoms with Gasteiger partial charge in [0.15, 0.2) is 5.88 Å². The van der Waals surface area contributed by atoms with Crippen LogP contribution in [0.1, 0.15) is 13.3 Å². The topological polar surface area (TPSA) is 23.5 Å². The minimum Gasteiger partial charge on any atom is -0.495 e. The second-order valence-electron chi connectivity index (χ2n) is 1.86. The van der Waals surface area contributed by atoms with Crippen LogP contribution >= 0.6 is 0 Å². The molecule has 0 aromatic heterocycles. The molecule has 0 unspecified atom stereocenters. The number of hydrogen-bond acceptors (Lipinski definition) is 2. The molecule has 0 aromatic carbocycles. The monoisotopic (exact) mass is 115 g/mol. The van der Waals surface area contributed by atoms with Crippen LogP contribution in [-0.2, 0) is 0 Å². The summed E-state index contributed by atoms with van der Waals surface area (Å²) in [7, 11) is 3.61. The molecule has 48 valence electrons. The predicted octanol–water partition coefficient (Wildman–Crippen LogP) is 1.36. The van der Waals surface area contributed by atoms with E-state index in [1.54, 1.807) is 11.0 Å². The van der Waals surface area contributed by atoms with Gasteiger partial charge in [-0.05, 0) is 12.5 Å². The van der Waals surface area contributed by atoms with Gasteiger partial charge in [-0.1, -0.05) is 6.92 Å². The lowest BCUT2D eigenvalue weighted by Crippen LogP contribution is -2.09. The van der Waals surface area contributed by atoms with Gasteiger partial charge in [-0.25, -0.2) is 0 Å². The molecule has 0 aliphatic rings. The Morgan fingerprint density at radius 2 is 2.12 bits per heavy atom. The van der Waals surface area contributed by atoms with Crippen LogP contribution in [0.2, 0.25) is 0 Å². The molecule has 0 saturated carbocycles. The number of aliphatic hydroxyl groups is 1. The molecule has 8 heavy (non-hydrogen) atoms. The first kappa shape index (κ1) is 7.34. The van der Waals surface area contributed by atoms with E-state index in [1.165, 1.54) is 0 Å². The molecule has 0 aliphatic heterocycles. The van der Waals surface area contributed by atoms with E-state index in [9.17, 15) is 0 Å². The third-order valence-corrected chi connectivity index (χ3v) is 0.845. The molecule has 0 amide bonds. The summed E-state index contributed by atoms with van der Waals surface area (Å²) >= 11 is 0. The van der Waals surface area contributed by atoms with Crippen LogP contribution in [0.25, 0.3) is 0 Å². The van der Waals surface area contributed by atoms with Gasteiger partial charge >= 0.3 is 0 Å². The Bertz CT molecular complexity index is 86.5. The first-order chi connectivity index (χ1) is 3.68. The fraction of sp³-hybridized carbons (Fsp3) is 0.667. The van der Waals surface area contributed by atoms with Gasteiger partial charge in [0, 0.05) is 14.1 Å². The molecule has 0 rings (SSSR count). The van der Waals surface area contributed by atoms with Crippen LogP contribution < -0.4 is 0 Å². The van der Waals surface area contributed by atoms with Crippen LogP contribution in [0.4, 0.5) is 0 Å². The highest BCUT2D eigenvalue weighted by Crippen LogP contribution is 1.92. The molecule has 1 N–H and O–H groups in total. The Kier molecular flexibility index (Phi) is 3.08. The van der Waals surface area contributed by atoms with Gasteiger partial charge in [0.2, 0.25) is 0 Å². The van der Waals surface area contributed by atoms with Crippen molar-refractivity contribution in [2.45, 2.75) is 13.3 Å². The van der Waals surface area contributed by atoms with Gasteiger partial charge in [-0.15, -0.1) is 0 Å². The number of nitrogens with zero attached hydrogens (tertiary/aromatic N) is 1. The van der Waals surface area contributed by atoms with Crippen molar-refractivity contribution in [3.05, 3.63) is 12.0 Å². The molecular weight excluding hydrogens is 102 g/mol. The van der Waals surface area contributed by atoms with Crippen molar-refractivity contribution in [1.82, 2.24) is 4.90 Å².